The molecule has 3 rings (SSSR count). The summed E-state index contributed by atoms with van der Waals surface area (Å²) in [6.07, 6.45) is 0.987. The number of carbonyl (C=O) groups is 1. The average Bonchev–Trinajstić information content (AvgIpc) is 3.21. The molecule has 3 heterocycles. The summed E-state index contributed by atoms with van der Waals surface area (Å²) in [5, 5.41) is 9.34. The number of piperazine rings is 1. The highest BCUT2D eigenvalue weighted by molar-refractivity contribution is 7.22. The van der Waals surface area contributed by atoms with Crippen LogP contribution in [-0.2, 0) is 0 Å². The molecule has 0 aliphatic carbocycles. The zero-order valence-electron chi connectivity index (χ0n) is 13.3. The summed E-state index contributed by atoms with van der Waals surface area (Å²) in [5.74, 6) is 0.00289. The summed E-state index contributed by atoms with van der Waals surface area (Å²) in [6.45, 7) is 8.01. The fourth-order valence-electron chi connectivity index (χ4n) is 2.63. The summed E-state index contributed by atoms with van der Waals surface area (Å²) in [6, 6.07) is 4.05. The molecule has 0 bridgehead atoms. The van der Waals surface area contributed by atoms with E-state index in [2.05, 4.69) is 20.5 Å². The van der Waals surface area contributed by atoms with E-state index in [1.807, 2.05) is 24.4 Å². The Morgan fingerprint density at radius 2 is 2.26 bits per heavy atom. The Labute approximate surface area is 144 Å². The third kappa shape index (κ3) is 4.38. The van der Waals surface area contributed by atoms with Gasteiger partial charge in [-0.1, -0.05) is 6.07 Å². The number of rotatable bonds is 6. The zero-order chi connectivity index (χ0) is 16.1. The fraction of sp³-hybridized carbons (Fsp3) is 0.500. The zero-order valence-corrected chi connectivity index (χ0v) is 14.9. The molecule has 0 unspecified atom stereocenters. The van der Waals surface area contributed by atoms with Gasteiger partial charge < -0.3 is 15.5 Å². The molecule has 7 heteroatoms. The highest BCUT2D eigenvalue weighted by atomic mass is 32.1. The van der Waals surface area contributed by atoms with E-state index in [9.17, 15) is 4.79 Å². The third-order valence-electron chi connectivity index (χ3n) is 3.88. The van der Waals surface area contributed by atoms with Gasteiger partial charge in [-0.25, -0.2) is 4.98 Å². The van der Waals surface area contributed by atoms with Gasteiger partial charge in [-0.15, -0.1) is 22.7 Å². The summed E-state index contributed by atoms with van der Waals surface area (Å²) in [7, 11) is 0. The molecular weight excluding hydrogens is 328 g/mol. The lowest BCUT2D eigenvalue weighted by atomic mass is 10.3. The van der Waals surface area contributed by atoms with Crippen LogP contribution in [0.3, 0.4) is 0 Å². The van der Waals surface area contributed by atoms with Crippen LogP contribution in [0.15, 0.2) is 17.5 Å². The number of carbonyl (C=O) groups excluding carboxylic acids is 1. The fourth-order valence-corrected chi connectivity index (χ4v) is 4.41. The predicted octanol–water partition coefficient (Wildman–Crippen LogP) is 2.21. The number of nitrogens with zero attached hydrogens (tertiary/aromatic N) is 2. The van der Waals surface area contributed by atoms with Crippen molar-refractivity contribution in [2.45, 2.75) is 13.3 Å². The normalized spacial score (nSPS) is 15.7. The van der Waals surface area contributed by atoms with Crippen molar-refractivity contribution in [1.82, 2.24) is 20.5 Å². The maximum atomic E-state index is 12.3. The summed E-state index contributed by atoms with van der Waals surface area (Å²) in [5.41, 5.74) is 0.818. The summed E-state index contributed by atoms with van der Waals surface area (Å²) < 4.78 is 0. The Balaban J connectivity index is 1.48. The van der Waals surface area contributed by atoms with Crippen LogP contribution in [0.2, 0.25) is 0 Å². The first kappa shape index (κ1) is 16.6. The lowest BCUT2D eigenvalue weighted by Crippen LogP contribution is -2.44. The van der Waals surface area contributed by atoms with Crippen molar-refractivity contribution < 1.29 is 4.79 Å². The molecule has 0 spiro atoms. The number of hydrogen-bond donors (Lipinski definition) is 2. The van der Waals surface area contributed by atoms with Crippen molar-refractivity contribution in [1.29, 1.82) is 0 Å². The molecule has 1 aliphatic heterocycles. The lowest BCUT2D eigenvalue weighted by molar-refractivity contribution is 0.0954. The molecule has 0 radical (unpaired) electrons. The first-order valence-corrected chi connectivity index (χ1v) is 9.66. The number of amides is 1. The van der Waals surface area contributed by atoms with Crippen LogP contribution in [0.1, 0.15) is 21.8 Å². The molecular formula is C16H22N4OS2. The number of hydrogen-bond acceptors (Lipinski definition) is 6. The second kappa shape index (κ2) is 8.01. The topological polar surface area (TPSA) is 57.3 Å². The molecule has 2 aromatic heterocycles. The van der Waals surface area contributed by atoms with E-state index in [-0.39, 0.29) is 5.91 Å². The lowest BCUT2D eigenvalue weighted by Gasteiger charge is -2.27. The minimum absolute atomic E-state index is 0.00289. The van der Waals surface area contributed by atoms with Gasteiger partial charge in [-0.3, -0.25) is 4.79 Å². The standard InChI is InChI=1S/C16H22N4OS2/c1-12-14(23-16(19-12)13-4-2-11-22-13)15(21)18-5-3-8-20-9-6-17-7-10-20/h2,4,11,17H,3,5-10H2,1H3,(H,18,21). The van der Waals surface area contributed by atoms with Crippen molar-refractivity contribution in [2.24, 2.45) is 0 Å². The minimum Gasteiger partial charge on any atom is -0.351 e. The Bertz CT molecular complexity index is 633. The molecule has 23 heavy (non-hydrogen) atoms. The van der Waals surface area contributed by atoms with Crippen LogP contribution in [-0.4, -0.2) is 55.1 Å². The highest BCUT2D eigenvalue weighted by Gasteiger charge is 2.16. The smallest absolute Gasteiger partial charge is 0.263 e. The number of aromatic nitrogens is 1. The quantitative estimate of drug-likeness (QED) is 0.784. The Hall–Kier alpha value is -1.28. The summed E-state index contributed by atoms with van der Waals surface area (Å²) in [4.78, 5) is 21.2. The van der Waals surface area contributed by atoms with Crippen LogP contribution < -0.4 is 10.6 Å². The van der Waals surface area contributed by atoms with Crippen molar-refractivity contribution in [3.8, 4) is 9.88 Å². The van der Waals surface area contributed by atoms with Crippen molar-refractivity contribution in [2.75, 3.05) is 39.3 Å². The molecule has 1 amide bonds. The van der Waals surface area contributed by atoms with Crippen LogP contribution >= 0.6 is 22.7 Å². The average molecular weight is 351 g/mol. The minimum atomic E-state index is 0.00289. The predicted molar refractivity (Wildman–Crippen MR) is 96.4 cm³/mol. The van der Waals surface area contributed by atoms with Crippen LogP contribution in [0.5, 0.6) is 0 Å². The molecule has 124 valence electrons. The molecule has 1 fully saturated rings. The van der Waals surface area contributed by atoms with Crippen LogP contribution in [0, 0.1) is 6.92 Å². The first-order chi connectivity index (χ1) is 11.2. The van der Waals surface area contributed by atoms with Gasteiger partial charge in [0.05, 0.1) is 10.6 Å². The van der Waals surface area contributed by atoms with Crippen molar-refractivity contribution in [3.05, 3.63) is 28.1 Å². The first-order valence-electron chi connectivity index (χ1n) is 7.96. The van der Waals surface area contributed by atoms with E-state index >= 15 is 0 Å². The molecule has 5 nitrogen and oxygen atoms in total. The Kier molecular flexibility index (Phi) is 5.77. The maximum Gasteiger partial charge on any atom is 0.263 e. The molecule has 2 N–H and O–H groups in total. The van der Waals surface area contributed by atoms with E-state index in [1.54, 1.807) is 11.3 Å². The number of thiazole rings is 1. The van der Waals surface area contributed by atoms with Gasteiger partial charge in [0, 0.05) is 32.7 Å². The second-order valence-corrected chi connectivity index (χ2v) is 7.56. The number of aryl methyl sites for hydroxylation is 1. The van der Waals surface area contributed by atoms with Gasteiger partial charge in [0.25, 0.3) is 5.91 Å². The van der Waals surface area contributed by atoms with E-state index in [1.165, 1.54) is 11.3 Å². The number of thiophene rings is 1. The Morgan fingerprint density at radius 1 is 1.43 bits per heavy atom. The monoisotopic (exact) mass is 350 g/mol. The molecule has 0 saturated carbocycles. The van der Waals surface area contributed by atoms with Gasteiger partial charge in [-0.2, -0.15) is 0 Å². The second-order valence-electron chi connectivity index (χ2n) is 5.61. The van der Waals surface area contributed by atoms with Gasteiger partial charge in [0.2, 0.25) is 0 Å². The van der Waals surface area contributed by atoms with Gasteiger partial charge >= 0.3 is 0 Å². The van der Waals surface area contributed by atoms with Crippen molar-refractivity contribution >= 4 is 28.6 Å². The largest absolute Gasteiger partial charge is 0.351 e. The van der Waals surface area contributed by atoms with Crippen LogP contribution in [0.25, 0.3) is 9.88 Å². The van der Waals surface area contributed by atoms with E-state index in [4.69, 9.17) is 0 Å². The third-order valence-corrected chi connectivity index (χ3v) is 6.08. The van der Waals surface area contributed by atoms with Gasteiger partial charge in [0.15, 0.2) is 0 Å². The van der Waals surface area contributed by atoms with Crippen molar-refractivity contribution in [3.63, 3.8) is 0 Å². The molecule has 0 aromatic carbocycles. The molecule has 2 aromatic rings. The molecule has 0 atom stereocenters. The highest BCUT2D eigenvalue weighted by Crippen LogP contribution is 2.30. The van der Waals surface area contributed by atoms with E-state index in [0.29, 0.717) is 6.54 Å². The molecule has 1 aliphatic rings. The maximum absolute atomic E-state index is 12.3. The van der Waals surface area contributed by atoms with Gasteiger partial charge in [0.1, 0.15) is 9.88 Å². The SMILES string of the molecule is Cc1nc(-c2cccs2)sc1C(=O)NCCCN1CCNCC1. The van der Waals surface area contributed by atoms with Gasteiger partial charge in [-0.05, 0) is 31.3 Å². The number of nitrogens with one attached hydrogen (secondary N) is 2. The summed E-state index contributed by atoms with van der Waals surface area (Å²) >= 11 is 3.13. The molecule has 1 saturated heterocycles. The Morgan fingerprint density at radius 3 is 3.00 bits per heavy atom. The van der Waals surface area contributed by atoms with Crippen LogP contribution in [0.4, 0.5) is 0 Å². The van der Waals surface area contributed by atoms with E-state index < -0.39 is 0 Å². The van der Waals surface area contributed by atoms with E-state index in [0.717, 1.165) is 59.6 Å².